The summed E-state index contributed by atoms with van der Waals surface area (Å²) in [5, 5.41) is 0.112. The molecule has 1 aromatic rings. The van der Waals surface area contributed by atoms with E-state index in [1.807, 2.05) is 25.2 Å². The van der Waals surface area contributed by atoms with Crippen LogP contribution >= 0.6 is 11.6 Å². The lowest BCUT2D eigenvalue weighted by molar-refractivity contribution is -0.114. The van der Waals surface area contributed by atoms with E-state index < -0.39 is 5.82 Å². The molecular weight excluding hydrogens is 253 g/mol. The van der Waals surface area contributed by atoms with Crippen LogP contribution in [0.5, 0.6) is 0 Å². The highest BCUT2D eigenvalue weighted by Crippen LogP contribution is 2.37. The first-order chi connectivity index (χ1) is 8.49. The summed E-state index contributed by atoms with van der Waals surface area (Å²) in [6, 6.07) is 4.76. The quantitative estimate of drug-likeness (QED) is 0.766. The number of carbonyl (C=O) groups excluding carboxylic acids is 1. The topological polar surface area (TPSA) is 20.3 Å². The minimum Gasteiger partial charge on any atom is -0.383 e. The van der Waals surface area contributed by atoms with Gasteiger partial charge in [0.15, 0.2) is 5.78 Å². The Morgan fingerprint density at radius 1 is 1.44 bits per heavy atom. The third-order valence-corrected chi connectivity index (χ3v) is 3.41. The van der Waals surface area contributed by atoms with Gasteiger partial charge in [-0.15, -0.1) is 0 Å². The van der Waals surface area contributed by atoms with E-state index >= 15 is 0 Å². The molecule has 0 spiro atoms. The second-order valence-corrected chi connectivity index (χ2v) is 5.14. The molecule has 0 saturated heterocycles. The SMILES string of the molecule is CN(C)/C=C1\C(=O)CC[C@H]1c1ccc(Cl)c(F)c1. The number of allylic oxidation sites excluding steroid dienone is 1. The Morgan fingerprint density at radius 3 is 2.78 bits per heavy atom. The predicted molar refractivity (Wildman–Crippen MR) is 70.2 cm³/mol. The van der Waals surface area contributed by atoms with Gasteiger partial charge in [-0.3, -0.25) is 4.79 Å². The molecule has 4 heteroatoms. The third-order valence-electron chi connectivity index (χ3n) is 3.10. The number of halogens is 2. The summed E-state index contributed by atoms with van der Waals surface area (Å²) in [6.07, 6.45) is 3.08. The Kier molecular flexibility index (Phi) is 3.71. The minimum absolute atomic E-state index is 0.0216. The molecule has 96 valence electrons. The summed E-state index contributed by atoms with van der Waals surface area (Å²) >= 11 is 5.67. The zero-order valence-corrected chi connectivity index (χ0v) is 11.2. The molecule has 1 atom stereocenters. The molecular formula is C14H15ClFNO. The highest BCUT2D eigenvalue weighted by Gasteiger charge is 2.30. The molecule has 1 aliphatic rings. The van der Waals surface area contributed by atoms with Crippen molar-refractivity contribution in [3.8, 4) is 0 Å². The Bertz CT molecular complexity index is 511. The van der Waals surface area contributed by atoms with Gasteiger partial charge in [-0.05, 0) is 24.1 Å². The number of benzene rings is 1. The molecule has 0 bridgehead atoms. The van der Waals surface area contributed by atoms with Crippen LogP contribution in [0.3, 0.4) is 0 Å². The largest absolute Gasteiger partial charge is 0.383 e. The zero-order valence-electron chi connectivity index (χ0n) is 10.4. The van der Waals surface area contributed by atoms with Crippen LogP contribution in [-0.2, 0) is 4.79 Å². The third kappa shape index (κ3) is 2.56. The zero-order chi connectivity index (χ0) is 13.3. The monoisotopic (exact) mass is 267 g/mol. The number of ketones is 1. The van der Waals surface area contributed by atoms with E-state index in [0.29, 0.717) is 6.42 Å². The van der Waals surface area contributed by atoms with Crippen LogP contribution in [0, 0.1) is 5.82 Å². The van der Waals surface area contributed by atoms with Gasteiger partial charge in [0, 0.05) is 38.2 Å². The fourth-order valence-corrected chi connectivity index (χ4v) is 2.40. The van der Waals surface area contributed by atoms with E-state index in [2.05, 4.69) is 0 Å². The van der Waals surface area contributed by atoms with E-state index in [4.69, 9.17) is 11.6 Å². The summed E-state index contributed by atoms with van der Waals surface area (Å²) < 4.78 is 13.5. The first-order valence-electron chi connectivity index (χ1n) is 5.85. The first kappa shape index (κ1) is 13.1. The van der Waals surface area contributed by atoms with Crippen molar-refractivity contribution < 1.29 is 9.18 Å². The van der Waals surface area contributed by atoms with Gasteiger partial charge in [0.1, 0.15) is 5.82 Å². The van der Waals surface area contributed by atoms with Gasteiger partial charge in [-0.25, -0.2) is 4.39 Å². The van der Waals surface area contributed by atoms with Gasteiger partial charge in [0.2, 0.25) is 0 Å². The van der Waals surface area contributed by atoms with Crippen LogP contribution in [0.4, 0.5) is 4.39 Å². The Morgan fingerprint density at radius 2 is 2.17 bits per heavy atom. The molecule has 0 radical (unpaired) electrons. The number of rotatable bonds is 2. The standard InChI is InChI=1S/C14H15ClFNO/c1-17(2)8-11-10(4-6-14(11)18)9-3-5-12(15)13(16)7-9/h3,5,7-8,10H,4,6H2,1-2H3/b11-8-/t10-/m0/s1. The Hall–Kier alpha value is -1.35. The maximum Gasteiger partial charge on any atom is 0.160 e. The van der Waals surface area contributed by atoms with Crippen molar-refractivity contribution in [3.05, 3.63) is 46.4 Å². The molecule has 1 aromatic carbocycles. The summed E-state index contributed by atoms with van der Waals surface area (Å²) in [6.45, 7) is 0. The Balaban J connectivity index is 2.37. The van der Waals surface area contributed by atoms with E-state index in [-0.39, 0.29) is 16.7 Å². The van der Waals surface area contributed by atoms with Crippen molar-refractivity contribution in [1.82, 2.24) is 4.90 Å². The van der Waals surface area contributed by atoms with Gasteiger partial charge in [0.05, 0.1) is 5.02 Å². The summed E-state index contributed by atoms with van der Waals surface area (Å²) in [4.78, 5) is 13.7. The fourth-order valence-electron chi connectivity index (χ4n) is 2.29. The molecule has 0 heterocycles. The molecule has 2 nitrogen and oxygen atoms in total. The van der Waals surface area contributed by atoms with Crippen molar-refractivity contribution in [3.63, 3.8) is 0 Å². The first-order valence-corrected chi connectivity index (χ1v) is 6.23. The molecule has 18 heavy (non-hydrogen) atoms. The van der Waals surface area contributed by atoms with Gasteiger partial charge in [0.25, 0.3) is 0 Å². The van der Waals surface area contributed by atoms with Crippen molar-refractivity contribution in [2.75, 3.05) is 14.1 Å². The van der Waals surface area contributed by atoms with Crippen LogP contribution in [-0.4, -0.2) is 24.8 Å². The van der Waals surface area contributed by atoms with Crippen LogP contribution in [0.15, 0.2) is 30.0 Å². The number of Topliss-reactive ketones (excluding diaryl/α,β-unsaturated/α-hetero) is 1. The lowest BCUT2D eigenvalue weighted by Gasteiger charge is -2.14. The Labute approximate surface area is 111 Å². The summed E-state index contributed by atoms with van der Waals surface area (Å²) in [5.74, 6) is -0.312. The fraction of sp³-hybridized carbons (Fsp3) is 0.357. The van der Waals surface area contributed by atoms with E-state index in [1.54, 1.807) is 12.1 Å². The lowest BCUT2D eigenvalue weighted by Crippen LogP contribution is -2.09. The number of hydrogen-bond acceptors (Lipinski definition) is 2. The van der Waals surface area contributed by atoms with Crippen LogP contribution in [0.2, 0.25) is 5.02 Å². The predicted octanol–water partition coefficient (Wildman–Crippen LogP) is 3.37. The lowest BCUT2D eigenvalue weighted by atomic mass is 9.94. The number of nitrogens with zero attached hydrogens (tertiary/aromatic N) is 1. The highest BCUT2D eigenvalue weighted by molar-refractivity contribution is 6.30. The van der Waals surface area contributed by atoms with Crippen LogP contribution < -0.4 is 0 Å². The molecule has 0 amide bonds. The van der Waals surface area contributed by atoms with Gasteiger partial charge >= 0.3 is 0 Å². The molecule has 2 rings (SSSR count). The van der Waals surface area contributed by atoms with E-state index in [0.717, 1.165) is 17.6 Å². The average Bonchev–Trinajstić information content (AvgIpc) is 2.64. The van der Waals surface area contributed by atoms with Crippen molar-refractivity contribution in [2.24, 2.45) is 0 Å². The summed E-state index contributed by atoms with van der Waals surface area (Å²) in [7, 11) is 3.75. The molecule has 1 fully saturated rings. The number of carbonyl (C=O) groups is 1. The average molecular weight is 268 g/mol. The van der Waals surface area contributed by atoms with Gasteiger partial charge in [-0.1, -0.05) is 17.7 Å². The van der Waals surface area contributed by atoms with Crippen LogP contribution in [0.25, 0.3) is 0 Å². The number of hydrogen-bond donors (Lipinski definition) is 0. The molecule has 0 unspecified atom stereocenters. The second-order valence-electron chi connectivity index (χ2n) is 4.74. The normalized spacial score (nSPS) is 21.7. The molecule has 1 aliphatic carbocycles. The van der Waals surface area contributed by atoms with Crippen molar-refractivity contribution in [1.29, 1.82) is 0 Å². The second kappa shape index (κ2) is 5.11. The van der Waals surface area contributed by atoms with E-state index in [9.17, 15) is 9.18 Å². The van der Waals surface area contributed by atoms with E-state index in [1.165, 1.54) is 6.07 Å². The van der Waals surface area contributed by atoms with Crippen LogP contribution in [0.1, 0.15) is 24.3 Å². The minimum atomic E-state index is -0.433. The highest BCUT2D eigenvalue weighted by atomic mass is 35.5. The van der Waals surface area contributed by atoms with Gasteiger partial charge < -0.3 is 4.90 Å². The summed E-state index contributed by atoms with van der Waals surface area (Å²) in [5.41, 5.74) is 1.57. The van der Waals surface area contributed by atoms with Gasteiger partial charge in [-0.2, -0.15) is 0 Å². The molecule has 1 saturated carbocycles. The molecule has 0 aliphatic heterocycles. The smallest absolute Gasteiger partial charge is 0.160 e. The van der Waals surface area contributed by atoms with Crippen molar-refractivity contribution in [2.45, 2.75) is 18.8 Å². The molecule has 0 aromatic heterocycles. The molecule has 0 N–H and O–H groups in total. The van der Waals surface area contributed by atoms with Crippen molar-refractivity contribution >= 4 is 17.4 Å². The maximum absolute atomic E-state index is 13.5. The maximum atomic E-state index is 13.5.